The molecular formula is C14H28N2. The Morgan fingerprint density at radius 3 is 2.62 bits per heavy atom. The maximum Gasteiger partial charge on any atom is 0.0224 e. The molecule has 1 saturated heterocycles. The van der Waals surface area contributed by atoms with Gasteiger partial charge in [0, 0.05) is 25.2 Å². The van der Waals surface area contributed by atoms with E-state index >= 15 is 0 Å². The van der Waals surface area contributed by atoms with Gasteiger partial charge in [-0.2, -0.15) is 0 Å². The molecule has 94 valence electrons. The third-order valence-electron chi connectivity index (χ3n) is 4.01. The molecule has 2 rings (SSSR count). The van der Waals surface area contributed by atoms with Crippen LogP contribution in [0.1, 0.15) is 46.5 Å². The second-order valence-corrected chi connectivity index (χ2v) is 6.13. The first kappa shape index (κ1) is 12.4. The van der Waals surface area contributed by atoms with E-state index in [0.717, 1.165) is 23.9 Å². The Morgan fingerprint density at radius 1 is 1.31 bits per heavy atom. The molecule has 16 heavy (non-hydrogen) atoms. The molecule has 0 spiro atoms. The second kappa shape index (κ2) is 5.50. The van der Waals surface area contributed by atoms with Crippen LogP contribution in [-0.2, 0) is 0 Å². The van der Waals surface area contributed by atoms with Crippen molar-refractivity contribution in [3.63, 3.8) is 0 Å². The molecule has 2 unspecified atom stereocenters. The average Bonchev–Trinajstić information content (AvgIpc) is 3.03. The van der Waals surface area contributed by atoms with E-state index in [4.69, 9.17) is 0 Å². The Balaban J connectivity index is 1.87. The van der Waals surface area contributed by atoms with Gasteiger partial charge < -0.3 is 5.32 Å². The van der Waals surface area contributed by atoms with Crippen molar-refractivity contribution in [1.29, 1.82) is 0 Å². The van der Waals surface area contributed by atoms with Crippen LogP contribution in [0.3, 0.4) is 0 Å². The minimum absolute atomic E-state index is 0.787. The largest absolute Gasteiger partial charge is 0.311 e. The second-order valence-electron chi connectivity index (χ2n) is 6.13. The lowest BCUT2D eigenvalue weighted by molar-refractivity contribution is 0.107. The van der Waals surface area contributed by atoms with Gasteiger partial charge in [-0.05, 0) is 44.1 Å². The fourth-order valence-corrected chi connectivity index (χ4v) is 3.03. The Hall–Kier alpha value is -0.0800. The van der Waals surface area contributed by atoms with Gasteiger partial charge in [0.15, 0.2) is 0 Å². The maximum atomic E-state index is 3.78. The fraction of sp³-hybridized carbons (Fsp3) is 1.00. The van der Waals surface area contributed by atoms with Gasteiger partial charge in [-0.15, -0.1) is 0 Å². The Bertz CT molecular complexity index is 211. The van der Waals surface area contributed by atoms with Crippen molar-refractivity contribution in [2.75, 3.05) is 19.6 Å². The third-order valence-corrected chi connectivity index (χ3v) is 4.01. The van der Waals surface area contributed by atoms with E-state index in [-0.39, 0.29) is 0 Å². The Labute approximate surface area is 101 Å². The topological polar surface area (TPSA) is 15.3 Å². The van der Waals surface area contributed by atoms with Crippen LogP contribution in [0, 0.1) is 11.8 Å². The zero-order chi connectivity index (χ0) is 11.5. The zero-order valence-electron chi connectivity index (χ0n) is 11.2. The SMILES string of the molecule is CCCN1CC(C2CC2)NCC1CC(C)C. The van der Waals surface area contributed by atoms with Gasteiger partial charge >= 0.3 is 0 Å². The van der Waals surface area contributed by atoms with Crippen LogP contribution in [0.5, 0.6) is 0 Å². The molecule has 0 aromatic carbocycles. The quantitative estimate of drug-likeness (QED) is 0.772. The number of hydrogen-bond donors (Lipinski definition) is 1. The molecule has 2 fully saturated rings. The van der Waals surface area contributed by atoms with Gasteiger partial charge in [0.05, 0.1) is 0 Å². The lowest BCUT2D eigenvalue weighted by Crippen LogP contribution is -2.57. The first-order valence-corrected chi connectivity index (χ1v) is 7.18. The monoisotopic (exact) mass is 224 g/mol. The summed E-state index contributed by atoms with van der Waals surface area (Å²) in [6, 6.07) is 1.59. The summed E-state index contributed by atoms with van der Waals surface area (Å²) in [6.07, 6.45) is 5.58. The highest BCUT2D eigenvalue weighted by molar-refractivity contribution is 4.94. The van der Waals surface area contributed by atoms with Crippen molar-refractivity contribution in [3.05, 3.63) is 0 Å². The van der Waals surface area contributed by atoms with Crippen LogP contribution >= 0.6 is 0 Å². The van der Waals surface area contributed by atoms with Crippen LogP contribution in [0.4, 0.5) is 0 Å². The Kier molecular flexibility index (Phi) is 4.26. The summed E-state index contributed by atoms with van der Waals surface area (Å²) >= 11 is 0. The highest BCUT2D eigenvalue weighted by Gasteiger charge is 2.36. The first-order chi connectivity index (χ1) is 7.70. The summed E-state index contributed by atoms with van der Waals surface area (Å²) in [5.41, 5.74) is 0. The van der Waals surface area contributed by atoms with E-state index in [2.05, 4.69) is 31.0 Å². The molecule has 1 heterocycles. The van der Waals surface area contributed by atoms with E-state index in [1.807, 2.05) is 0 Å². The minimum Gasteiger partial charge on any atom is -0.311 e. The van der Waals surface area contributed by atoms with E-state index < -0.39 is 0 Å². The van der Waals surface area contributed by atoms with Crippen molar-refractivity contribution >= 4 is 0 Å². The predicted molar refractivity (Wildman–Crippen MR) is 69.6 cm³/mol. The molecule has 2 nitrogen and oxygen atoms in total. The summed E-state index contributed by atoms with van der Waals surface area (Å²) in [5.74, 6) is 1.82. The number of rotatable bonds is 5. The fourth-order valence-electron chi connectivity index (χ4n) is 3.03. The molecule has 0 radical (unpaired) electrons. The van der Waals surface area contributed by atoms with Crippen molar-refractivity contribution in [2.45, 2.75) is 58.5 Å². The van der Waals surface area contributed by atoms with Gasteiger partial charge in [-0.1, -0.05) is 20.8 Å². The molecule has 1 saturated carbocycles. The molecule has 2 heteroatoms. The van der Waals surface area contributed by atoms with Gasteiger partial charge in [0.2, 0.25) is 0 Å². The molecule has 0 amide bonds. The summed E-state index contributed by atoms with van der Waals surface area (Å²) in [7, 11) is 0. The van der Waals surface area contributed by atoms with Gasteiger partial charge in [-0.25, -0.2) is 0 Å². The number of nitrogens with one attached hydrogen (secondary N) is 1. The number of hydrogen-bond acceptors (Lipinski definition) is 2. The molecule has 1 aliphatic carbocycles. The molecule has 1 N–H and O–H groups in total. The number of nitrogens with zero attached hydrogens (tertiary/aromatic N) is 1. The maximum absolute atomic E-state index is 3.78. The summed E-state index contributed by atoms with van der Waals surface area (Å²) in [5, 5.41) is 3.78. The van der Waals surface area contributed by atoms with Gasteiger partial charge in [0.25, 0.3) is 0 Å². The summed E-state index contributed by atoms with van der Waals surface area (Å²) in [6.45, 7) is 10.8. The molecule has 2 atom stereocenters. The van der Waals surface area contributed by atoms with E-state index in [9.17, 15) is 0 Å². The van der Waals surface area contributed by atoms with Crippen LogP contribution in [0.25, 0.3) is 0 Å². The van der Waals surface area contributed by atoms with Crippen LogP contribution in [-0.4, -0.2) is 36.6 Å². The first-order valence-electron chi connectivity index (χ1n) is 7.18. The Morgan fingerprint density at radius 2 is 2.06 bits per heavy atom. The third kappa shape index (κ3) is 3.21. The van der Waals surface area contributed by atoms with Gasteiger partial charge in [0.1, 0.15) is 0 Å². The summed E-state index contributed by atoms with van der Waals surface area (Å²) < 4.78 is 0. The van der Waals surface area contributed by atoms with Crippen molar-refractivity contribution in [2.24, 2.45) is 11.8 Å². The standard InChI is InChI=1S/C14H28N2/c1-4-7-16-10-14(12-5-6-12)15-9-13(16)8-11(2)3/h11-15H,4-10H2,1-3H3. The molecule has 0 aromatic heterocycles. The van der Waals surface area contributed by atoms with Gasteiger partial charge in [-0.3, -0.25) is 4.90 Å². The molecular weight excluding hydrogens is 196 g/mol. The van der Waals surface area contributed by atoms with E-state index in [1.165, 1.54) is 45.3 Å². The molecule has 0 aromatic rings. The lowest BCUT2D eigenvalue weighted by Gasteiger charge is -2.41. The van der Waals surface area contributed by atoms with Crippen LogP contribution in [0.2, 0.25) is 0 Å². The highest BCUT2D eigenvalue weighted by atomic mass is 15.2. The number of piperazine rings is 1. The molecule has 1 aliphatic heterocycles. The molecule has 0 bridgehead atoms. The van der Waals surface area contributed by atoms with Crippen LogP contribution in [0.15, 0.2) is 0 Å². The zero-order valence-corrected chi connectivity index (χ0v) is 11.2. The molecule has 2 aliphatic rings. The minimum atomic E-state index is 0.787. The lowest BCUT2D eigenvalue weighted by atomic mass is 9.97. The average molecular weight is 224 g/mol. The highest BCUT2D eigenvalue weighted by Crippen LogP contribution is 2.34. The van der Waals surface area contributed by atoms with Crippen LogP contribution < -0.4 is 5.32 Å². The normalized spacial score (nSPS) is 32.2. The van der Waals surface area contributed by atoms with Crippen molar-refractivity contribution < 1.29 is 0 Å². The van der Waals surface area contributed by atoms with Crippen molar-refractivity contribution in [1.82, 2.24) is 10.2 Å². The smallest absolute Gasteiger partial charge is 0.0224 e. The van der Waals surface area contributed by atoms with E-state index in [0.29, 0.717) is 0 Å². The predicted octanol–water partition coefficient (Wildman–Crippen LogP) is 2.49. The summed E-state index contributed by atoms with van der Waals surface area (Å²) in [4.78, 5) is 2.75. The van der Waals surface area contributed by atoms with Crippen molar-refractivity contribution in [3.8, 4) is 0 Å². The van der Waals surface area contributed by atoms with E-state index in [1.54, 1.807) is 0 Å².